The molecule has 2 spiro atoms. The summed E-state index contributed by atoms with van der Waals surface area (Å²) in [7, 11) is 5.55. The van der Waals surface area contributed by atoms with Crippen LogP contribution in [-0.4, -0.2) is 75.0 Å². The lowest BCUT2D eigenvalue weighted by atomic mass is 9.37. The second kappa shape index (κ2) is 8.71. The van der Waals surface area contributed by atoms with Gasteiger partial charge in [-0.2, -0.15) is 0 Å². The summed E-state index contributed by atoms with van der Waals surface area (Å²) in [6, 6.07) is 3.72. The van der Waals surface area contributed by atoms with Gasteiger partial charge in [0.05, 0.1) is 25.0 Å². The lowest BCUT2D eigenvalue weighted by molar-refractivity contribution is -0.214. The van der Waals surface area contributed by atoms with Crippen LogP contribution >= 0.6 is 0 Å². The molecule has 4 bridgehead atoms. The molecule has 206 valence electrons. The van der Waals surface area contributed by atoms with Crippen LogP contribution < -0.4 is 14.8 Å². The number of amides is 1. The molecule has 38 heavy (non-hydrogen) atoms. The van der Waals surface area contributed by atoms with Gasteiger partial charge in [-0.3, -0.25) is 4.79 Å². The van der Waals surface area contributed by atoms with E-state index in [0.29, 0.717) is 12.8 Å². The first-order valence-electron chi connectivity index (χ1n) is 14.0. The average molecular weight is 525 g/mol. The third-order valence-electron chi connectivity index (χ3n) is 10.2. The smallest absolute Gasteiger partial charge is 0.328 e. The molecule has 0 unspecified atom stereocenters. The van der Waals surface area contributed by atoms with Crippen molar-refractivity contribution in [1.82, 2.24) is 10.2 Å². The summed E-state index contributed by atoms with van der Waals surface area (Å²) in [6.07, 6.45) is 7.02. The van der Waals surface area contributed by atoms with Gasteiger partial charge in [-0.15, -0.1) is 0 Å². The Hall–Kier alpha value is -2.58. The monoisotopic (exact) mass is 524 g/mol. The Kier molecular flexibility index (Phi) is 5.89. The zero-order chi connectivity index (χ0) is 27.0. The van der Waals surface area contributed by atoms with Gasteiger partial charge in [-0.1, -0.05) is 32.1 Å². The van der Waals surface area contributed by atoms with Crippen molar-refractivity contribution >= 4 is 11.9 Å². The van der Waals surface area contributed by atoms with E-state index in [-0.39, 0.29) is 47.4 Å². The van der Waals surface area contributed by atoms with Crippen LogP contribution in [0.3, 0.4) is 0 Å². The van der Waals surface area contributed by atoms with Gasteiger partial charge in [0.15, 0.2) is 11.5 Å². The number of ether oxygens (including phenoxy) is 4. The molecule has 7 atom stereocenters. The van der Waals surface area contributed by atoms with E-state index in [1.54, 1.807) is 21.1 Å². The first-order valence-corrected chi connectivity index (χ1v) is 14.0. The van der Waals surface area contributed by atoms with E-state index in [2.05, 4.69) is 35.5 Å². The van der Waals surface area contributed by atoms with Crippen LogP contribution in [0.5, 0.6) is 11.5 Å². The second-order valence-corrected chi connectivity index (χ2v) is 12.2. The number of carbonyl (C=O) groups is 2. The lowest BCUT2D eigenvalue weighted by Gasteiger charge is -2.70. The number of carbonyl (C=O) groups excluding carboxylic acids is 2. The number of methoxy groups -OCH3 is 2. The fraction of sp³-hybridized carbons (Fsp3) is 0.667. The first kappa shape index (κ1) is 25.7. The zero-order valence-corrected chi connectivity index (χ0v) is 23.3. The fourth-order valence-corrected chi connectivity index (χ4v) is 8.70. The SMILES string of the molecule is CCOC(=O)[C@H](CC(C)C)NC(=O)[C@H]1C[C@@]23C=C[C@]1(OC)[C@H]1Oc4c(OC)ccc5c4[C@@]12CCN(C)[C@@H]3C5. The largest absolute Gasteiger partial charge is 0.493 e. The molecule has 2 heterocycles. The third kappa shape index (κ3) is 3.04. The van der Waals surface area contributed by atoms with E-state index in [1.807, 2.05) is 19.9 Å². The standard InChI is InChI=1S/C30H40N2O6/c1-7-37-26(34)20(14-17(2)3)31-25(33)19-16-28-10-11-30(19,36-6)27-29(28)12-13-32(4)22(28)15-18-8-9-21(35-5)24(38-27)23(18)29/h8-11,17,19-20,22,27H,7,12-16H2,1-6H3,(H,31,33)/t19-,20+,22-,27+,28-,29+,30-/m1/s1. The highest BCUT2D eigenvalue weighted by Crippen LogP contribution is 2.74. The Morgan fingerprint density at radius 3 is 2.71 bits per heavy atom. The molecule has 4 aliphatic carbocycles. The summed E-state index contributed by atoms with van der Waals surface area (Å²) in [5.74, 6) is 0.664. The molecule has 1 amide bonds. The zero-order valence-electron chi connectivity index (χ0n) is 23.3. The molecule has 1 saturated carbocycles. The van der Waals surface area contributed by atoms with Crippen LogP contribution in [0.15, 0.2) is 24.3 Å². The van der Waals surface area contributed by atoms with Crippen LogP contribution in [0, 0.1) is 17.3 Å². The van der Waals surface area contributed by atoms with Crippen LogP contribution in [0.2, 0.25) is 0 Å². The minimum atomic E-state index is -0.970. The van der Waals surface area contributed by atoms with E-state index in [4.69, 9.17) is 18.9 Å². The predicted molar refractivity (Wildman–Crippen MR) is 141 cm³/mol. The van der Waals surface area contributed by atoms with Gasteiger partial charge in [-0.25, -0.2) is 4.79 Å². The molecule has 1 aromatic carbocycles. The van der Waals surface area contributed by atoms with Gasteiger partial charge < -0.3 is 29.2 Å². The van der Waals surface area contributed by atoms with Crippen molar-refractivity contribution in [3.05, 3.63) is 35.4 Å². The van der Waals surface area contributed by atoms with E-state index in [9.17, 15) is 9.59 Å². The lowest BCUT2D eigenvalue weighted by Crippen LogP contribution is -2.80. The van der Waals surface area contributed by atoms with Gasteiger partial charge in [0.25, 0.3) is 0 Å². The van der Waals surface area contributed by atoms with Crippen LogP contribution in [-0.2, 0) is 30.9 Å². The number of likely N-dealkylation sites (tertiary alicyclic amines) is 1. The number of fused-ring (bicyclic) bond motifs is 1. The minimum absolute atomic E-state index is 0.179. The average Bonchev–Trinajstić information content (AvgIpc) is 3.27. The number of nitrogens with zero attached hydrogens (tertiary/aromatic N) is 1. The normalized spacial score (nSPS) is 36.4. The molecule has 1 N–H and O–H groups in total. The molecule has 0 radical (unpaired) electrons. The topological polar surface area (TPSA) is 86.3 Å². The summed E-state index contributed by atoms with van der Waals surface area (Å²) >= 11 is 0. The molecule has 2 fully saturated rings. The second-order valence-electron chi connectivity index (χ2n) is 12.2. The minimum Gasteiger partial charge on any atom is -0.493 e. The van der Waals surface area contributed by atoms with E-state index in [1.165, 1.54) is 11.1 Å². The number of esters is 1. The highest BCUT2D eigenvalue weighted by Gasteiger charge is 2.79. The summed E-state index contributed by atoms with van der Waals surface area (Å²) in [4.78, 5) is 29.4. The molecule has 0 aromatic heterocycles. The number of piperidine rings is 1. The number of likely N-dealkylation sites (N-methyl/N-ethyl adjacent to an activating group) is 1. The Morgan fingerprint density at radius 2 is 2.03 bits per heavy atom. The molecule has 6 aliphatic rings. The molecular formula is C30H40N2O6. The van der Waals surface area contributed by atoms with Gasteiger partial charge in [0, 0.05) is 24.1 Å². The fourth-order valence-electron chi connectivity index (χ4n) is 8.70. The van der Waals surface area contributed by atoms with Crippen molar-refractivity contribution in [1.29, 1.82) is 0 Å². The Balaban J connectivity index is 1.46. The molecular weight excluding hydrogens is 484 g/mol. The number of hydrogen-bond donors (Lipinski definition) is 1. The molecule has 1 saturated heterocycles. The molecule has 2 aliphatic heterocycles. The van der Waals surface area contributed by atoms with Crippen molar-refractivity contribution in [2.45, 2.75) is 75.7 Å². The van der Waals surface area contributed by atoms with E-state index < -0.39 is 17.6 Å². The van der Waals surface area contributed by atoms with Crippen LogP contribution in [0.25, 0.3) is 0 Å². The maximum atomic E-state index is 14.2. The maximum absolute atomic E-state index is 14.2. The van der Waals surface area contributed by atoms with E-state index in [0.717, 1.165) is 30.9 Å². The third-order valence-corrected chi connectivity index (χ3v) is 10.2. The highest BCUT2D eigenvalue weighted by molar-refractivity contribution is 5.88. The van der Waals surface area contributed by atoms with Crippen LogP contribution in [0.4, 0.5) is 0 Å². The number of hydrogen-bond acceptors (Lipinski definition) is 7. The number of benzene rings is 1. The van der Waals surface area contributed by atoms with Gasteiger partial charge in [0.2, 0.25) is 5.91 Å². The van der Waals surface area contributed by atoms with E-state index >= 15 is 0 Å². The number of rotatable bonds is 8. The Morgan fingerprint density at radius 1 is 1.24 bits per heavy atom. The predicted octanol–water partition coefficient (Wildman–Crippen LogP) is 3.01. The highest BCUT2D eigenvalue weighted by atomic mass is 16.6. The van der Waals surface area contributed by atoms with Crippen molar-refractivity contribution in [3.63, 3.8) is 0 Å². The van der Waals surface area contributed by atoms with Gasteiger partial charge in [-0.05, 0) is 63.7 Å². The maximum Gasteiger partial charge on any atom is 0.328 e. The molecule has 8 heteroatoms. The Bertz CT molecular complexity index is 1200. The summed E-state index contributed by atoms with van der Waals surface area (Å²) < 4.78 is 24.4. The van der Waals surface area contributed by atoms with Gasteiger partial charge >= 0.3 is 5.97 Å². The van der Waals surface area contributed by atoms with Crippen molar-refractivity contribution in [3.8, 4) is 11.5 Å². The summed E-state index contributed by atoms with van der Waals surface area (Å²) in [5.41, 5.74) is 0.983. The summed E-state index contributed by atoms with van der Waals surface area (Å²) in [6.45, 7) is 7.08. The van der Waals surface area contributed by atoms with Crippen molar-refractivity contribution in [2.24, 2.45) is 17.3 Å². The van der Waals surface area contributed by atoms with Gasteiger partial charge in [0.1, 0.15) is 17.7 Å². The van der Waals surface area contributed by atoms with Crippen molar-refractivity contribution in [2.75, 3.05) is 34.4 Å². The number of nitrogens with one attached hydrogen (secondary N) is 1. The molecule has 8 nitrogen and oxygen atoms in total. The Labute approximate surface area is 225 Å². The van der Waals surface area contributed by atoms with Crippen LogP contribution in [0.1, 0.15) is 51.2 Å². The quantitative estimate of drug-likeness (QED) is 0.413. The molecule has 1 aromatic rings. The first-order chi connectivity index (χ1) is 18.2. The summed E-state index contributed by atoms with van der Waals surface area (Å²) in [5, 5.41) is 3.08. The molecule has 7 rings (SSSR count). The van der Waals surface area contributed by atoms with Crippen molar-refractivity contribution < 1.29 is 28.5 Å².